The monoisotopic (exact) mass is 437 g/mol. The number of esters is 1. The highest BCUT2D eigenvalue weighted by atomic mass is 16.7. The molecule has 7 nitrogen and oxygen atoms in total. The van der Waals surface area contributed by atoms with Crippen molar-refractivity contribution in [1.82, 2.24) is 4.98 Å². The lowest BCUT2D eigenvalue weighted by Gasteiger charge is -2.32. The normalized spacial score (nSPS) is 17.0. The molecular weight excluding hydrogens is 409 g/mol. The minimum atomic E-state index is -0.577. The lowest BCUT2D eigenvalue weighted by molar-refractivity contribution is -0.142. The van der Waals surface area contributed by atoms with Crippen LogP contribution in [0.15, 0.2) is 47.1 Å². The van der Waals surface area contributed by atoms with E-state index in [2.05, 4.69) is 4.98 Å². The predicted molar refractivity (Wildman–Crippen MR) is 121 cm³/mol. The predicted octanol–water partition coefficient (Wildman–Crippen LogP) is 3.81. The molecule has 0 radical (unpaired) electrons. The smallest absolute Gasteiger partial charge is 0.487 e. The van der Waals surface area contributed by atoms with Crippen LogP contribution in [-0.2, 0) is 31.9 Å². The summed E-state index contributed by atoms with van der Waals surface area (Å²) in [5.41, 5.74) is 2.64. The molecule has 1 fully saturated rings. The summed E-state index contributed by atoms with van der Waals surface area (Å²) in [5, 5.41) is 0. The van der Waals surface area contributed by atoms with Gasteiger partial charge in [-0.3, -0.25) is 4.79 Å². The van der Waals surface area contributed by atoms with Gasteiger partial charge >= 0.3 is 13.1 Å². The van der Waals surface area contributed by atoms with Gasteiger partial charge in [-0.1, -0.05) is 18.2 Å². The van der Waals surface area contributed by atoms with E-state index in [1.54, 1.807) is 13.2 Å². The SMILES string of the molecule is CCOC(=O)Cc1ccccc1OCc1cc(B2OC(C)(C)C(C)(C)O2)c2occc2n1. The maximum atomic E-state index is 11.9. The van der Waals surface area contributed by atoms with E-state index in [9.17, 15) is 4.79 Å². The number of aromatic nitrogens is 1. The summed E-state index contributed by atoms with van der Waals surface area (Å²) >= 11 is 0. The number of ether oxygens (including phenoxy) is 2. The number of furan rings is 1. The van der Waals surface area contributed by atoms with Gasteiger partial charge in [0.2, 0.25) is 0 Å². The highest BCUT2D eigenvalue weighted by Gasteiger charge is 2.52. The molecule has 0 amide bonds. The second-order valence-electron chi connectivity index (χ2n) is 8.80. The van der Waals surface area contributed by atoms with E-state index in [1.165, 1.54) is 0 Å². The quantitative estimate of drug-likeness (QED) is 0.411. The first-order chi connectivity index (χ1) is 15.2. The Morgan fingerprint density at radius 1 is 1.09 bits per heavy atom. The van der Waals surface area contributed by atoms with Crippen LogP contribution < -0.4 is 10.2 Å². The summed E-state index contributed by atoms with van der Waals surface area (Å²) in [5.74, 6) is 0.330. The second-order valence-corrected chi connectivity index (χ2v) is 8.80. The van der Waals surface area contributed by atoms with Crippen LogP contribution in [0.3, 0.4) is 0 Å². The van der Waals surface area contributed by atoms with Crippen LogP contribution >= 0.6 is 0 Å². The van der Waals surface area contributed by atoms with Crippen LogP contribution in [0.2, 0.25) is 0 Å². The van der Waals surface area contributed by atoms with E-state index >= 15 is 0 Å². The van der Waals surface area contributed by atoms with E-state index in [0.29, 0.717) is 29.2 Å². The first-order valence-electron chi connectivity index (χ1n) is 10.8. The Labute approximate surface area is 188 Å². The Hall–Kier alpha value is -2.84. The van der Waals surface area contributed by atoms with Crippen molar-refractivity contribution in [2.45, 2.75) is 58.8 Å². The molecule has 0 spiro atoms. The zero-order valence-electron chi connectivity index (χ0n) is 19.1. The number of hydrogen-bond acceptors (Lipinski definition) is 7. The van der Waals surface area contributed by atoms with Gasteiger partial charge < -0.3 is 23.2 Å². The number of fused-ring (bicyclic) bond motifs is 1. The van der Waals surface area contributed by atoms with E-state index in [0.717, 1.165) is 11.0 Å². The third-order valence-corrected chi connectivity index (χ3v) is 5.99. The van der Waals surface area contributed by atoms with Gasteiger partial charge in [-0.2, -0.15) is 0 Å². The zero-order chi connectivity index (χ0) is 22.9. The summed E-state index contributed by atoms with van der Waals surface area (Å²) in [7, 11) is -0.577. The fourth-order valence-electron chi connectivity index (χ4n) is 3.57. The molecule has 32 heavy (non-hydrogen) atoms. The van der Waals surface area contributed by atoms with Gasteiger partial charge in [0.25, 0.3) is 0 Å². The molecule has 8 heteroatoms. The fraction of sp³-hybridized carbons (Fsp3) is 0.417. The standard InChI is InChI=1S/C24H28BNO6/c1-6-28-21(27)13-16-9-7-8-10-20(16)30-15-17-14-18(22-19(26-17)11-12-29-22)25-31-23(2,3)24(4,5)32-25/h7-12,14H,6,13,15H2,1-5H3. The van der Waals surface area contributed by atoms with Gasteiger partial charge in [0, 0.05) is 17.1 Å². The molecule has 0 unspecified atom stereocenters. The lowest BCUT2D eigenvalue weighted by atomic mass is 9.78. The van der Waals surface area contributed by atoms with Crippen molar-refractivity contribution >= 4 is 29.7 Å². The van der Waals surface area contributed by atoms with Crippen LogP contribution in [0.1, 0.15) is 45.9 Å². The van der Waals surface area contributed by atoms with E-state index in [4.69, 9.17) is 23.2 Å². The maximum Gasteiger partial charge on any atom is 0.498 e. The fourth-order valence-corrected chi connectivity index (χ4v) is 3.57. The zero-order valence-corrected chi connectivity index (χ0v) is 19.1. The van der Waals surface area contributed by atoms with Gasteiger partial charge in [-0.15, -0.1) is 0 Å². The molecule has 1 aromatic carbocycles. The summed E-state index contributed by atoms with van der Waals surface area (Å²) < 4.78 is 29.3. The van der Waals surface area contributed by atoms with Crippen LogP contribution in [-0.4, -0.2) is 35.9 Å². The van der Waals surface area contributed by atoms with Crippen molar-refractivity contribution in [3.8, 4) is 5.75 Å². The third kappa shape index (κ3) is 4.38. The molecule has 3 heterocycles. The van der Waals surface area contributed by atoms with Crippen molar-refractivity contribution in [3.05, 3.63) is 53.9 Å². The Bertz CT molecular complexity index is 1110. The average molecular weight is 437 g/mol. The Balaban J connectivity index is 1.58. The molecule has 0 N–H and O–H groups in total. The van der Waals surface area contributed by atoms with E-state index in [-0.39, 0.29) is 19.0 Å². The summed E-state index contributed by atoms with van der Waals surface area (Å²) in [6.45, 7) is 10.4. The topological polar surface area (TPSA) is 80.0 Å². The van der Waals surface area contributed by atoms with Crippen molar-refractivity contribution in [2.75, 3.05) is 6.61 Å². The average Bonchev–Trinajstić information content (AvgIpc) is 3.28. The number of benzene rings is 1. The molecule has 0 atom stereocenters. The molecule has 0 bridgehead atoms. The first-order valence-corrected chi connectivity index (χ1v) is 10.8. The Morgan fingerprint density at radius 2 is 1.81 bits per heavy atom. The number of carbonyl (C=O) groups is 1. The number of para-hydroxylation sites is 1. The van der Waals surface area contributed by atoms with Crippen molar-refractivity contribution in [3.63, 3.8) is 0 Å². The van der Waals surface area contributed by atoms with Crippen molar-refractivity contribution in [2.24, 2.45) is 0 Å². The highest BCUT2D eigenvalue weighted by Crippen LogP contribution is 2.37. The van der Waals surface area contributed by atoms with Crippen molar-refractivity contribution in [1.29, 1.82) is 0 Å². The minimum absolute atomic E-state index is 0.150. The summed E-state index contributed by atoms with van der Waals surface area (Å²) in [6.07, 6.45) is 1.75. The molecule has 0 aliphatic carbocycles. The third-order valence-electron chi connectivity index (χ3n) is 5.99. The molecule has 2 aromatic heterocycles. The number of hydrogen-bond donors (Lipinski definition) is 0. The van der Waals surface area contributed by atoms with Crippen LogP contribution in [0.25, 0.3) is 11.1 Å². The number of pyridine rings is 1. The summed E-state index contributed by atoms with van der Waals surface area (Å²) in [6, 6.07) is 11.1. The number of carbonyl (C=O) groups excluding carboxylic acids is 1. The number of rotatable bonds is 7. The van der Waals surface area contributed by atoms with Crippen molar-refractivity contribution < 1.29 is 28.0 Å². The largest absolute Gasteiger partial charge is 0.498 e. The lowest BCUT2D eigenvalue weighted by Crippen LogP contribution is -2.41. The first kappa shape index (κ1) is 22.4. The molecule has 1 aliphatic rings. The molecule has 4 rings (SSSR count). The van der Waals surface area contributed by atoms with Gasteiger partial charge in [0.1, 0.15) is 17.9 Å². The molecule has 1 saturated heterocycles. The molecule has 3 aromatic rings. The van der Waals surface area contributed by atoms with E-state index < -0.39 is 18.3 Å². The molecule has 1 aliphatic heterocycles. The minimum Gasteiger partial charge on any atom is -0.487 e. The highest BCUT2D eigenvalue weighted by molar-refractivity contribution is 6.64. The maximum absolute atomic E-state index is 11.9. The molecular formula is C24H28BNO6. The molecule has 0 saturated carbocycles. The van der Waals surface area contributed by atoms with Gasteiger partial charge in [-0.25, -0.2) is 4.98 Å². The van der Waals surface area contributed by atoms with Gasteiger partial charge in [-0.05, 0) is 46.8 Å². The molecule has 168 valence electrons. The second kappa shape index (κ2) is 8.60. The van der Waals surface area contributed by atoms with E-state index in [1.807, 2.05) is 64.1 Å². The Kier molecular flexibility index (Phi) is 6.01. The van der Waals surface area contributed by atoms with Crippen LogP contribution in [0.4, 0.5) is 0 Å². The van der Waals surface area contributed by atoms with Crippen LogP contribution in [0.5, 0.6) is 5.75 Å². The number of nitrogens with zero attached hydrogens (tertiary/aromatic N) is 1. The van der Waals surface area contributed by atoms with Crippen LogP contribution in [0, 0.1) is 0 Å². The van der Waals surface area contributed by atoms with Gasteiger partial charge in [0.05, 0.1) is 36.2 Å². The summed E-state index contributed by atoms with van der Waals surface area (Å²) in [4.78, 5) is 16.6. The Morgan fingerprint density at radius 3 is 2.53 bits per heavy atom. The van der Waals surface area contributed by atoms with Gasteiger partial charge in [0.15, 0.2) is 5.58 Å².